The highest BCUT2D eigenvalue weighted by atomic mass is 16.5. The van der Waals surface area contributed by atoms with Gasteiger partial charge in [0.15, 0.2) is 0 Å². The number of hydrogen-bond acceptors (Lipinski definition) is 3. The van der Waals surface area contributed by atoms with E-state index in [1.54, 1.807) is 7.11 Å². The Hall–Kier alpha value is -0.120. The average Bonchev–Trinajstić information content (AvgIpc) is 1.80. The molecular formula is C6H16N2O. The highest BCUT2D eigenvalue weighted by Gasteiger charge is 1.86. The fraction of sp³-hybridized carbons (Fsp3) is 1.00. The van der Waals surface area contributed by atoms with Gasteiger partial charge in [-0.1, -0.05) is 0 Å². The number of nitrogens with zero attached hydrogens (tertiary/aromatic N) is 1. The van der Waals surface area contributed by atoms with Crippen LogP contribution in [0, 0.1) is 0 Å². The zero-order valence-electron chi connectivity index (χ0n) is 6.48. The Morgan fingerprint density at radius 2 is 2.11 bits per heavy atom. The Morgan fingerprint density at radius 3 is 2.56 bits per heavy atom. The maximum atomic E-state index is 4.79. The van der Waals surface area contributed by atoms with Crippen molar-refractivity contribution in [2.24, 2.45) is 0 Å². The number of likely N-dealkylation sites (N-methyl/N-ethyl adjacent to an activating group) is 1. The quantitative estimate of drug-likeness (QED) is 0.412. The summed E-state index contributed by atoms with van der Waals surface area (Å²) < 4.78 is 4.79. The zero-order valence-corrected chi connectivity index (χ0v) is 6.48. The van der Waals surface area contributed by atoms with E-state index in [0.717, 1.165) is 13.1 Å². The van der Waals surface area contributed by atoms with Gasteiger partial charge in [-0.3, -0.25) is 5.32 Å². The van der Waals surface area contributed by atoms with Crippen molar-refractivity contribution in [2.45, 2.75) is 0 Å². The molecule has 3 heteroatoms. The van der Waals surface area contributed by atoms with E-state index >= 15 is 0 Å². The van der Waals surface area contributed by atoms with E-state index in [0.29, 0.717) is 6.73 Å². The van der Waals surface area contributed by atoms with Crippen molar-refractivity contribution in [1.29, 1.82) is 0 Å². The molecule has 0 aliphatic carbocycles. The van der Waals surface area contributed by atoms with Gasteiger partial charge in [0.05, 0.1) is 6.73 Å². The van der Waals surface area contributed by atoms with Crippen LogP contribution in [0.5, 0.6) is 0 Å². The van der Waals surface area contributed by atoms with Crippen LogP contribution in [0.1, 0.15) is 0 Å². The molecule has 0 aromatic carbocycles. The van der Waals surface area contributed by atoms with Crippen molar-refractivity contribution >= 4 is 0 Å². The number of rotatable bonds is 5. The van der Waals surface area contributed by atoms with Gasteiger partial charge in [-0.15, -0.1) is 0 Å². The van der Waals surface area contributed by atoms with E-state index < -0.39 is 0 Å². The molecular weight excluding hydrogens is 116 g/mol. The Bertz CT molecular complexity index is 57.0. The second-order valence-corrected chi connectivity index (χ2v) is 2.24. The van der Waals surface area contributed by atoms with Crippen LogP contribution >= 0.6 is 0 Å². The molecule has 0 aliphatic rings. The molecule has 0 amide bonds. The van der Waals surface area contributed by atoms with Crippen LogP contribution < -0.4 is 5.32 Å². The molecule has 0 unspecified atom stereocenters. The van der Waals surface area contributed by atoms with Crippen molar-refractivity contribution < 1.29 is 4.74 Å². The predicted molar refractivity (Wildman–Crippen MR) is 38.4 cm³/mol. The van der Waals surface area contributed by atoms with E-state index in [2.05, 4.69) is 24.3 Å². The molecule has 0 radical (unpaired) electrons. The molecule has 0 aliphatic heterocycles. The summed E-state index contributed by atoms with van der Waals surface area (Å²) in [5.41, 5.74) is 0. The first-order valence-corrected chi connectivity index (χ1v) is 3.11. The summed E-state index contributed by atoms with van der Waals surface area (Å²) in [6.45, 7) is 2.69. The third-order valence-corrected chi connectivity index (χ3v) is 0.982. The Morgan fingerprint density at radius 1 is 1.44 bits per heavy atom. The summed E-state index contributed by atoms with van der Waals surface area (Å²) in [6, 6.07) is 0. The van der Waals surface area contributed by atoms with Crippen LogP contribution in [0.25, 0.3) is 0 Å². The first-order chi connectivity index (χ1) is 4.27. The van der Waals surface area contributed by atoms with Crippen LogP contribution in [-0.4, -0.2) is 45.9 Å². The topological polar surface area (TPSA) is 24.5 Å². The monoisotopic (exact) mass is 132 g/mol. The Labute approximate surface area is 57.0 Å². The van der Waals surface area contributed by atoms with E-state index in [9.17, 15) is 0 Å². The van der Waals surface area contributed by atoms with Crippen molar-refractivity contribution in [1.82, 2.24) is 10.2 Å². The standard InChI is InChI=1S/C6H16N2O/c1-8(2)5-4-7-6-9-3/h7H,4-6H2,1-3H3. The fourth-order valence-electron chi connectivity index (χ4n) is 0.477. The molecule has 0 bridgehead atoms. The molecule has 0 saturated carbocycles. The van der Waals surface area contributed by atoms with Gasteiger partial charge in [0.1, 0.15) is 0 Å². The molecule has 0 aromatic rings. The number of nitrogens with one attached hydrogen (secondary N) is 1. The first kappa shape index (κ1) is 8.88. The van der Waals surface area contributed by atoms with Gasteiger partial charge in [0.25, 0.3) is 0 Å². The molecule has 0 heterocycles. The summed E-state index contributed by atoms with van der Waals surface area (Å²) in [7, 11) is 5.78. The Kier molecular flexibility index (Phi) is 5.93. The highest BCUT2D eigenvalue weighted by molar-refractivity contribution is 4.44. The summed E-state index contributed by atoms with van der Waals surface area (Å²) in [5, 5.41) is 3.10. The smallest absolute Gasteiger partial charge is 0.0961 e. The van der Waals surface area contributed by atoms with Gasteiger partial charge in [-0.05, 0) is 14.1 Å². The highest BCUT2D eigenvalue weighted by Crippen LogP contribution is 1.69. The number of hydrogen-bond donors (Lipinski definition) is 1. The maximum absolute atomic E-state index is 4.79. The van der Waals surface area contributed by atoms with Crippen LogP contribution in [0.3, 0.4) is 0 Å². The molecule has 0 spiro atoms. The lowest BCUT2D eigenvalue weighted by Gasteiger charge is -2.08. The van der Waals surface area contributed by atoms with Crippen molar-refractivity contribution in [3.63, 3.8) is 0 Å². The van der Waals surface area contributed by atoms with Crippen LogP contribution in [0.4, 0.5) is 0 Å². The van der Waals surface area contributed by atoms with E-state index in [-0.39, 0.29) is 0 Å². The molecule has 9 heavy (non-hydrogen) atoms. The second-order valence-electron chi connectivity index (χ2n) is 2.24. The SMILES string of the molecule is COCNCCN(C)C. The summed E-state index contributed by atoms with van der Waals surface area (Å²) in [6.07, 6.45) is 0. The molecule has 0 fully saturated rings. The van der Waals surface area contributed by atoms with Crippen LogP contribution in [0.15, 0.2) is 0 Å². The van der Waals surface area contributed by atoms with Crippen LogP contribution in [-0.2, 0) is 4.74 Å². The van der Waals surface area contributed by atoms with Gasteiger partial charge in [0.2, 0.25) is 0 Å². The zero-order chi connectivity index (χ0) is 7.11. The molecule has 56 valence electrons. The average molecular weight is 132 g/mol. The third-order valence-electron chi connectivity index (χ3n) is 0.982. The van der Waals surface area contributed by atoms with Crippen molar-refractivity contribution in [3.05, 3.63) is 0 Å². The van der Waals surface area contributed by atoms with Gasteiger partial charge < -0.3 is 9.64 Å². The van der Waals surface area contributed by atoms with Gasteiger partial charge in [-0.25, -0.2) is 0 Å². The number of ether oxygens (including phenoxy) is 1. The van der Waals surface area contributed by atoms with Crippen molar-refractivity contribution in [2.75, 3.05) is 41.0 Å². The van der Waals surface area contributed by atoms with Crippen molar-refractivity contribution in [3.8, 4) is 0 Å². The maximum Gasteiger partial charge on any atom is 0.0961 e. The lowest BCUT2D eigenvalue weighted by atomic mass is 10.6. The third kappa shape index (κ3) is 7.88. The molecule has 1 N–H and O–H groups in total. The lowest BCUT2D eigenvalue weighted by molar-refractivity contribution is 0.173. The van der Waals surface area contributed by atoms with Gasteiger partial charge in [-0.2, -0.15) is 0 Å². The largest absolute Gasteiger partial charge is 0.370 e. The fourth-order valence-corrected chi connectivity index (χ4v) is 0.477. The summed E-state index contributed by atoms with van der Waals surface area (Å²) in [4.78, 5) is 2.13. The predicted octanol–water partition coefficient (Wildman–Crippen LogP) is -0.258. The minimum absolute atomic E-state index is 0.647. The second kappa shape index (κ2) is 6.01. The molecule has 0 aromatic heterocycles. The normalized spacial score (nSPS) is 10.7. The molecule has 0 rings (SSSR count). The molecule has 3 nitrogen and oxygen atoms in total. The minimum Gasteiger partial charge on any atom is -0.370 e. The van der Waals surface area contributed by atoms with Gasteiger partial charge in [0, 0.05) is 20.2 Å². The summed E-state index contributed by atoms with van der Waals surface area (Å²) >= 11 is 0. The van der Waals surface area contributed by atoms with Crippen LogP contribution in [0.2, 0.25) is 0 Å². The Balaban J connectivity index is 2.75. The van der Waals surface area contributed by atoms with E-state index in [4.69, 9.17) is 4.74 Å². The number of methoxy groups -OCH3 is 1. The molecule has 0 atom stereocenters. The van der Waals surface area contributed by atoms with Gasteiger partial charge >= 0.3 is 0 Å². The summed E-state index contributed by atoms with van der Waals surface area (Å²) in [5.74, 6) is 0. The van der Waals surface area contributed by atoms with E-state index in [1.165, 1.54) is 0 Å². The van der Waals surface area contributed by atoms with E-state index in [1.807, 2.05) is 0 Å². The molecule has 0 saturated heterocycles. The first-order valence-electron chi connectivity index (χ1n) is 3.11. The minimum atomic E-state index is 0.647. The lowest BCUT2D eigenvalue weighted by Crippen LogP contribution is -2.27.